The molecule has 11 nitrogen and oxygen atoms in total. The summed E-state index contributed by atoms with van der Waals surface area (Å²) in [5, 5.41) is 8.09. The molecule has 0 radical (unpaired) electrons. The number of primary amides is 1. The van der Waals surface area contributed by atoms with Crippen molar-refractivity contribution >= 4 is 29.4 Å². The molecule has 0 saturated carbocycles. The summed E-state index contributed by atoms with van der Waals surface area (Å²) < 4.78 is 4.66. The van der Waals surface area contributed by atoms with Crippen LogP contribution >= 0.6 is 0 Å². The molecule has 0 saturated heterocycles. The maximum Gasteiger partial charge on any atom is 0.267 e. The lowest BCUT2D eigenvalue weighted by Crippen LogP contribution is -2.21. The van der Waals surface area contributed by atoms with E-state index in [1.807, 2.05) is 74.8 Å². The molecule has 1 aromatic carbocycles. The fourth-order valence-corrected chi connectivity index (χ4v) is 4.13. The SMILES string of the molecule is C=C/C=N\c1c(C(N)=O)c(N)nn1C.CCc1nc2cccc(C#Cc3ccn(C)n3)n2c(=O)c1-c1ccccc1. The Morgan fingerprint density at radius 3 is 2.46 bits per heavy atom. The second-order valence-electron chi connectivity index (χ2n) is 8.77. The molecule has 5 rings (SSSR count). The van der Waals surface area contributed by atoms with Crippen molar-refractivity contribution in [3.8, 4) is 23.0 Å². The molecule has 11 heteroatoms. The number of aromatic nitrogens is 6. The van der Waals surface area contributed by atoms with Crippen LogP contribution in [-0.4, -0.2) is 41.1 Å². The summed E-state index contributed by atoms with van der Waals surface area (Å²) in [5.74, 6) is 5.85. The van der Waals surface area contributed by atoms with Crippen LogP contribution in [-0.2, 0) is 20.5 Å². The van der Waals surface area contributed by atoms with Crippen LogP contribution in [0.4, 0.5) is 11.6 Å². The molecule has 206 valence electrons. The Hall–Kier alpha value is -5.76. The van der Waals surface area contributed by atoms with Gasteiger partial charge in [0.15, 0.2) is 11.6 Å². The molecule has 0 unspecified atom stereocenters. The zero-order chi connectivity index (χ0) is 29.5. The molecule has 0 aliphatic carbocycles. The molecule has 4 aromatic heterocycles. The first-order chi connectivity index (χ1) is 19.7. The Labute approximate surface area is 236 Å². The van der Waals surface area contributed by atoms with Crippen LogP contribution in [0, 0.1) is 11.8 Å². The monoisotopic (exact) mass is 547 g/mol. The van der Waals surface area contributed by atoms with Crippen LogP contribution in [0.15, 0.2) is 83.2 Å². The molecule has 5 aromatic rings. The Kier molecular flexibility index (Phi) is 8.54. The largest absolute Gasteiger partial charge is 0.381 e. The third kappa shape index (κ3) is 6.12. The molecule has 41 heavy (non-hydrogen) atoms. The van der Waals surface area contributed by atoms with Gasteiger partial charge in [-0.2, -0.15) is 10.2 Å². The number of allylic oxidation sites excluding steroid dienone is 1. The van der Waals surface area contributed by atoms with Crippen molar-refractivity contribution in [3.05, 3.63) is 106 Å². The summed E-state index contributed by atoms with van der Waals surface area (Å²) in [6.07, 6.45) is 5.43. The van der Waals surface area contributed by atoms with Crippen molar-refractivity contribution < 1.29 is 4.79 Å². The maximum atomic E-state index is 13.4. The van der Waals surface area contributed by atoms with Gasteiger partial charge in [0.1, 0.15) is 22.6 Å². The van der Waals surface area contributed by atoms with E-state index in [0.717, 1.165) is 11.3 Å². The summed E-state index contributed by atoms with van der Waals surface area (Å²) in [6.45, 7) is 5.47. The lowest BCUT2D eigenvalue weighted by atomic mass is 10.0. The normalized spacial score (nSPS) is 10.6. The minimum atomic E-state index is -0.646. The number of nitrogens with two attached hydrogens (primary N) is 2. The number of aliphatic imine (C=N–C) groups is 1. The average molecular weight is 548 g/mol. The van der Waals surface area contributed by atoms with Crippen molar-refractivity contribution in [2.75, 3.05) is 5.73 Å². The van der Waals surface area contributed by atoms with Gasteiger partial charge in [-0.05, 0) is 42.0 Å². The molecule has 0 bridgehead atoms. The summed E-state index contributed by atoms with van der Waals surface area (Å²) in [4.78, 5) is 33.1. The highest BCUT2D eigenvalue weighted by molar-refractivity contribution is 6.02. The molecule has 1 amide bonds. The van der Waals surface area contributed by atoms with Gasteiger partial charge >= 0.3 is 0 Å². The number of benzene rings is 1. The number of nitrogen functional groups attached to an aromatic ring is 1. The number of carbonyl (C=O) groups excluding carboxylic acids is 1. The smallest absolute Gasteiger partial charge is 0.267 e. The molecular weight excluding hydrogens is 518 g/mol. The first kappa shape index (κ1) is 28.3. The van der Waals surface area contributed by atoms with Gasteiger partial charge in [0.05, 0.1) is 11.3 Å². The van der Waals surface area contributed by atoms with E-state index in [-0.39, 0.29) is 16.9 Å². The number of carbonyl (C=O) groups is 1. The first-order valence-corrected chi connectivity index (χ1v) is 12.6. The lowest BCUT2D eigenvalue weighted by Gasteiger charge is -2.11. The van der Waals surface area contributed by atoms with Crippen LogP contribution in [0.25, 0.3) is 16.8 Å². The number of fused-ring (bicyclic) bond motifs is 1. The Bertz CT molecular complexity index is 1880. The lowest BCUT2D eigenvalue weighted by molar-refractivity contribution is 0.100. The zero-order valence-corrected chi connectivity index (χ0v) is 22.9. The highest BCUT2D eigenvalue weighted by Crippen LogP contribution is 2.23. The number of hydrogen-bond acceptors (Lipinski definition) is 7. The molecule has 4 heterocycles. The van der Waals surface area contributed by atoms with Gasteiger partial charge in [-0.25, -0.2) is 14.7 Å². The number of hydrogen-bond donors (Lipinski definition) is 2. The van der Waals surface area contributed by atoms with E-state index in [1.165, 1.54) is 17.0 Å². The first-order valence-electron chi connectivity index (χ1n) is 12.6. The van der Waals surface area contributed by atoms with E-state index in [4.69, 9.17) is 16.5 Å². The number of pyridine rings is 1. The molecule has 0 spiro atoms. The van der Waals surface area contributed by atoms with E-state index >= 15 is 0 Å². The Morgan fingerprint density at radius 1 is 1.07 bits per heavy atom. The van der Waals surface area contributed by atoms with Gasteiger partial charge in [-0.3, -0.25) is 18.7 Å². The third-order valence-electron chi connectivity index (χ3n) is 5.95. The molecule has 0 aliphatic heterocycles. The fourth-order valence-electron chi connectivity index (χ4n) is 4.13. The second-order valence-corrected chi connectivity index (χ2v) is 8.77. The van der Waals surface area contributed by atoms with Crippen molar-refractivity contribution in [2.24, 2.45) is 24.8 Å². The molecular formula is C30H29N9O2. The molecule has 4 N–H and O–H groups in total. The van der Waals surface area contributed by atoms with E-state index < -0.39 is 5.91 Å². The van der Waals surface area contributed by atoms with Gasteiger partial charge in [0.25, 0.3) is 11.5 Å². The number of nitrogens with zero attached hydrogens (tertiary/aromatic N) is 7. The second kappa shape index (κ2) is 12.4. The fraction of sp³-hybridized carbons (Fsp3) is 0.133. The van der Waals surface area contributed by atoms with Gasteiger partial charge in [-0.15, -0.1) is 0 Å². The highest BCUT2D eigenvalue weighted by atomic mass is 16.1. The van der Waals surface area contributed by atoms with Crippen LogP contribution < -0.4 is 17.0 Å². The predicted octanol–water partition coefficient (Wildman–Crippen LogP) is 3.05. The zero-order valence-electron chi connectivity index (χ0n) is 22.9. The van der Waals surface area contributed by atoms with E-state index in [0.29, 0.717) is 34.8 Å². The summed E-state index contributed by atoms with van der Waals surface area (Å²) in [7, 11) is 3.47. The number of rotatable bonds is 5. The number of anilines is 1. The number of amides is 1. The molecule has 0 fully saturated rings. The quantitative estimate of drug-likeness (QED) is 0.255. The van der Waals surface area contributed by atoms with Gasteiger partial charge < -0.3 is 11.5 Å². The standard InChI is InChI=1S/C22H18N4O.C8H11N5O/c1-3-19-21(16-8-5-4-6-9-16)22(27)26-18(10-7-11-20(26)23-19)13-12-17-14-15-25(2)24-17;1-3-4-11-8-5(7(10)14)6(9)12-13(8)2/h4-11,14-15H,3H2,1-2H3;3-4H,1H2,2H3,(H2,9,12)(H2,10,14)/b;11-4-. The van der Waals surface area contributed by atoms with Crippen LogP contribution in [0.5, 0.6) is 0 Å². The van der Waals surface area contributed by atoms with Crippen LogP contribution in [0.1, 0.15) is 34.4 Å². The third-order valence-corrected chi connectivity index (χ3v) is 5.95. The Balaban J connectivity index is 0.000000234. The van der Waals surface area contributed by atoms with Gasteiger partial charge in [0, 0.05) is 26.5 Å². The van der Waals surface area contributed by atoms with Crippen molar-refractivity contribution in [1.82, 2.24) is 28.9 Å². The molecule has 0 aliphatic rings. The topological polar surface area (TPSA) is 151 Å². The summed E-state index contributed by atoms with van der Waals surface area (Å²) >= 11 is 0. The number of aryl methyl sites for hydroxylation is 3. The van der Waals surface area contributed by atoms with E-state index in [2.05, 4.69) is 33.6 Å². The summed E-state index contributed by atoms with van der Waals surface area (Å²) in [5.41, 5.74) is 14.8. The Morgan fingerprint density at radius 2 is 1.83 bits per heavy atom. The predicted molar refractivity (Wildman–Crippen MR) is 160 cm³/mol. The minimum absolute atomic E-state index is 0.0798. The summed E-state index contributed by atoms with van der Waals surface area (Å²) in [6, 6.07) is 17.0. The average Bonchev–Trinajstić information content (AvgIpc) is 3.51. The van der Waals surface area contributed by atoms with Crippen LogP contribution in [0.3, 0.4) is 0 Å². The van der Waals surface area contributed by atoms with E-state index in [9.17, 15) is 9.59 Å². The van der Waals surface area contributed by atoms with Crippen molar-refractivity contribution in [3.63, 3.8) is 0 Å². The minimum Gasteiger partial charge on any atom is -0.381 e. The highest BCUT2D eigenvalue weighted by Gasteiger charge is 2.18. The van der Waals surface area contributed by atoms with Gasteiger partial charge in [-0.1, -0.05) is 56.0 Å². The van der Waals surface area contributed by atoms with Crippen LogP contribution in [0.2, 0.25) is 0 Å². The molecule has 0 atom stereocenters. The van der Waals surface area contributed by atoms with E-state index in [1.54, 1.807) is 16.1 Å². The van der Waals surface area contributed by atoms with Crippen molar-refractivity contribution in [1.29, 1.82) is 0 Å². The maximum absolute atomic E-state index is 13.4. The van der Waals surface area contributed by atoms with Crippen molar-refractivity contribution in [2.45, 2.75) is 13.3 Å². The van der Waals surface area contributed by atoms with Gasteiger partial charge in [0.2, 0.25) is 0 Å².